The number of aromatic nitrogens is 4. The quantitative estimate of drug-likeness (QED) is 0.346. The van der Waals surface area contributed by atoms with Crippen LogP contribution in [-0.2, 0) is 19.4 Å². The number of piperidine rings is 1. The average Bonchev–Trinajstić information content (AvgIpc) is 3.51. The zero-order chi connectivity index (χ0) is 31.9. The second-order valence-electron chi connectivity index (χ2n) is 12.2. The number of likely N-dealkylation sites (tertiary alicyclic amines) is 1. The first kappa shape index (κ1) is 31.1. The van der Waals surface area contributed by atoms with Crippen molar-refractivity contribution in [3.05, 3.63) is 48.9 Å². The monoisotopic (exact) mass is 638 g/mol. The molecular formula is C31H39FN8O4S. The molecule has 0 aliphatic carbocycles. The van der Waals surface area contributed by atoms with Crippen LogP contribution in [0.1, 0.15) is 37.8 Å². The number of pyridine rings is 2. The zero-order valence-electron chi connectivity index (χ0n) is 25.8. The molecule has 45 heavy (non-hydrogen) atoms. The summed E-state index contributed by atoms with van der Waals surface area (Å²) in [4.78, 5) is 37.4. The summed E-state index contributed by atoms with van der Waals surface area (Å²) in [6.07, 6.45) is 8.44. The highest BCUT2D eigenvalue weighted by Gasteiger charge is 2.40. The SMILES string of the molecule is C=CC(=O)N1CCC[C@@H]1c1cnc(N2C[C@H](CS(C)(=O)=O)[C@H]2C)c2cnc(Nc3ccnc(N4CC[C@@H](OC)[C@@H](F)C4)c3)nc12. The van der Waals surface area contributed by atoms with Crippen molar-refractivity contribution in [3.8, 4) is 0 Å². The van der Waals surface area contributed by atoms with Gasteiger partial charge in [-0.2, -0.15) is 0 Å². The van der Waals surface area contributed by atoms with Crippen molar-refractivity contribution in [1.29, 1.82) is 0 Å². The number of hydrogen-bond donors (Lipinski definition) is 1. The number of anilines is 4. The van der Waals surface area contributed by atoms with Crippen molar-refractivity contribution in [2.45, 2.75) is 50.5 Å². The lowest BCUT2D eigenvalue weighted by molar-refractivity contribution is -0.126. The molecule has 3 aromatic heterocycles. The lowest BCUT2D eigenvalue weighted by atomic mass is 9.91. The van der Waals surface area contributed by atoms with Crippen molar-refractivity contribution >= 4 is 49.9 Å². The molecule has 0 spiro atoms. The number of rotatable bonds is 9. The number of nitrogens with zero attached hydrogens (tertiary/aromatic N) is 7. The Balaban J connectivity index is 1.33. The molecule has 3 fully saturated rings. The van der Waals surface area contributed by atoms with Crippen LogP contribution >= 0.6 is 0 Å². The van der Waals surface area contributed by atoms with E-state index in [1.54, 1.807) is 29.6 Å². The first-order valence-electron chi connectivity index (χ1n) is 15.2. The van der Waals surface area contributed by atoms with E-state index >= 15 is 0 Å². The van der Waals surface area contributed by atoms with Gasteiger partial charge in [0.2, 0.25) is 11.9 Å². The van der Waals surface area contributed by atoms with E-state index in [9.17, 15) is 17.6 Å². The highest BCUT2D eigenvalue weighted by molar-refractivity contribution is 7.90. The maximum absolute atomic E-state index is 14.6. The summed E-state index contributed by atoms with van der Waals surface area (Å²) in [6.45, 7) is 7.68. The highest BCUT2D eigenvalue weighted by atomic mass is 32.2. The van der Waals surface area contributed by atoms with Gasteiger partial charge in [0.15, 0.2) is 0 Å². The molecule has 0 aromatic carbocycles. The number of carbonyl (C=O) groups excluding carboxylic acids is 1. The van der Waals surface area contributed by atoms with E-state index < -0.39 is 22.1 Å². The number of ether oxygens (including phenoxy) is 1. The Morgan fingerprint density at radius 3 is 2.73 bits per heavy atom. The Bertz CT molecular complexity index is 1710. The Morgan fingerprint density at radius 2 is 2.02 bits per heavy atom. The van der Waals surface area contributed by atoms with Crippen LogP contribution in [0.15, 0.2) is 43.4 Å². The molecule has 0 saturated carbocycles. The fourth-order valence-corrected chi connectivity index (χ4v) is 7.90. The van der Waals surface area contributed by atoms with Crippen molar-refractivity contribution in [2.75, 3.05) is 60.4 Å². The molecular weight excluding hydrogens is 599 g/mol. The third kappa shape index (κ3) is 6.30. The summed E-state index contributed by atoms with van der Waals surface area (Å²) in [5, 5.41) is 4.01. The van der Waals surface area contributed by atoms with Gasteiger partial charge in [0.25, 0.3) is 0 Å². The number of alkyl halides is 1. The smallest absolute Gasteiger partial charge is 0.246 e. The van der Waals surface area contributed by atoms with Gasteiger partial charge in [-0.1, -0.05) is 6.58 Å². The van der Waals surface area contributed by atoms with Crippen molar-refractivity contribution in [3.63, 3.8) is 0 Å². The maximum atomic E-state index is 14.6. The van der Waals surface area contributed by atoms with Crippen LogP contribution < -0.4 is 15.1 Å². The van der Waals surface area contributed by atoms with Crippen LogP contribution in [0.5, 0.6) is 0 Å². The fraction of sp³-hybridized carbons (Fsp3) is 0.516. The number of hydrogen-bond acceptors (Lipinski definition) is 11. The van der Waals surface area contributed by atoms with Gasteiger partial charge in [0, 0.05) is 80.9 Å². The molecule has 3 aromatic rings. The number of amides is 1. The van der Waals surface area contributed by atoms with E-state index in [1.807, 2.05) is 17.9 Å². The van der Waals surface area contributed by atoms with Gasteiger partial charge in [-0.15, -0.1) is 0 Å². The minimum atomic E-state index is -3.11. The molecule has 14 heteroatoms. The van der Waals surface area contributed by atoms with Crippen LogP contribution in [0.2, 0.25) is 0 Å². The molecule has 6 rings (SSSR count). The van der Waals surface area contributed by atoms with Gasteiger partial charge in [-0.25, -0.2) is 32.7 Å². The van der Waals surface area contributed by atoms with Crippen LogP contribution in [0, 0.1) is 5.92 Å². The first-order valence-corrected chi connectivity index (χ1v) is 17.3. The number of methoxy groups -OCH3 is 1. The summed E-state index contributed by atoms with van der Waals surface area (Å²) in [6, 6.07) is 3.40. The van der Waals surface area contributed by atoms with Crippen LogP contribution in [0.25, 0.3) is 10.9 Å². The zero-order valence-corrected chi connectivity index (χ0v) is 26.6. The Hall–Kier alpha value is -3.91. The van der Waals surface area contributed by atoms with Gasteiger partial charge in [0.1, 0.15) is 27.6 Å². The maximum Gasteiger partial charge on any atom is 0.246 e. The van der Waals surface area contributed by atoms with Gasteiger partial charge in [-0.05, 0) is 38.3 Å². The van der Waals surface area contributed by atoms with Gasteiger partial charge in [0.05, 0.1) is 35.3 Å². The molecule has 5 atom stereocenters. The first-order chi connectivity index (χ1) is 21.6. The summed E-state index contributed by atoms with van der Waals surface area (Å²) < 4.78 is 43.7. The van der Waals surface area contributed by atoms with E-state index in [1.165, 1.54) is 19.4 Å². The van der Waals surface area contributed by atoms with E-state index in [0.717, 1.165) is 23.8 Å². The summed E-state index contributed by atoms with van der Waals surface area (Å²) in [5.41, 5.74) is 2.18. The number of sulfone groups is 1. The molecule has 3 aliphatic heterocycles. The number of carbonyl (C=O) groups is 1. The van der Waals surface area contributed by atoms with Crippen LogP contribution in [0.3, 0.4) is 0 Å². The largest absolute Gasteiger partial charge is 0.378 e. The second-order valence-corrected chi connectivity index (χ2v) is 14.4. The van der Waals surface area contributed by atoms with Crippen molar-refractivity contribution < 1.29 is 22.3 Å². The van der Waals surface area contributed by atoms with E-state index in [-0.39, 0.29) is 36.2 Å². The Kier molecular flexibility index (Phi) is 8.61. The molecule has 6 heterocycles. The van der Waals surface area contributed by atoms with Crippen LogP contribution in [-0.4, -0.2) is 103 Å². The Labute approximate surface area is 262 Å². The topological polar surface area (TPSA) is 134 Å². The van der Waals surface area contributed by atoms with Gasteiger partial charge >= 0.3 is 0 Å². The number of fused-ring (bicyclic) bond motifs is 1. The molecule has 0 bridgehead atoms. The second kappa shape index (κ2) is 12.5. The summed E-state index contributed by atoms with van der Waals surface area (Å²) in [7, 11) is -1.58. The molecule has 1 N–H and O–H groups in total. The molecule has 12 nitrogen and oxygen atoms in total. The van der Waals surface area contributed by atoms with Gasteiger partial charge in [-0.3, -0.25) is 4.79 Å². The number of halogens is 1. The lowest BCUT2D eigenvalue weighted by Gasteiger charge is -2.47. The van der Waals surface area contributed by atoms with Gasteiger partial charge < -0.3 is 24.8 Å². The number of nitrogens with one attached hydrogen (secondary N) is 1. The van der Waals surface area contributed by atoms with E-state index in [0.29, 0.717) is 54.8 Å². The standard InChI is InChI=1S/C31H39FN8O4S/c1-5-28(41)39-11-6-7-25(39)22-14-34-30(40-16-20(19(40)2)18-45(4,42)43)23-15-35-31(37-29(22)23)36-21-8-10-33-27(13-21)38-12-9-26(44-3)24(32)17-38/h5,8,10,13-15,19-20,24-26H,1,6-7,9,11-12,16-18H2,2-4H3,(H,33,35,36,37)/t19-,20-,24+,25-,26-/m1/s1. The Morgan fingerprint density at radius 1 is 1.20 bits per heavy atom. The predicted molar refractivity (Wildman–Crippen MR) is 171 cm³/mol. The molecule has 1 amide bonds. The fourth-order valence-electron chi connectivity index (χ4n) is 6.73. The lowest BCUT2D eigenvalue weighted by Crippen LogP contribution is -2.57. The summed E-state index contributed by atoms with van der Waals surface area (Å²) in [5.74, 6) is 1.66. The predicted octanol–water partition coefficient (Wildman–Crippen LogP) is 3.45. The molecule has 3 saturated heterocycles. The summed E-state index contributed by atoms with van der Waals surface area (Å²) >= 11 is 0. The molecule has 0 radical (unpaired) electrons. The molecule has 3 aliphatic rings. The van der Waals surface area contributed by atoms with Crippen molar-refractivity contribution in [2.24, 2.45) is 5.92 Å². The van der Waals surface area contributed by atoms with Crippen LogP contribution in [0.4, 0.5) is 27.7 Å². The van der Waals surface area contributed by atoms with Crippen molar-refractivity contribution in [1.82, 2.24) is 24.8 Å². The molecule has 240 valence electrons. The average molecular weight is 639 g/mol. The van der Waals surface area contributed by atoms with E-state index in [2.05, 4.69) is 26.8 Å². The minimum Gasteiger partial charge on any atom is -0.378 e. The minimum absolute atomic E-state index is 0.00256. The third-order valence-electron chi connectivity index (χ3n) is 9.20. The normalized spacial score (nSPS) is 25.3. The van der Waals surface area contributed by atoms with E-state index in [4.69, 9.17) is 14.7 Å². The molecule has 0 unspecified atom stereocenters. The third-order valence-corrected chi connectivity index (χ3v) is 10.2. The highest BCUT2D eigenvalue weighted by Crippen LogP contribution is 2.40.